The van der Waals surface area contributed by atoms with E-state index < -0.39 is 6.07 Å². The molecule has 0 aliphatic carbocycles. The van der Waals surface area contributed by atoms with Crippen LogP contribution < -0.4 is 5.73 Å². The van der Waals surface area contributed by atoms with Gasteiger partial charge >= 0.3 is 6.07 Å². The van der Waals surface area contributed by atoms with E-state index in [1.807, 2.05) is 0 Å². The minimum atomic E-state index is -3.69. The third-order valence-electron chi connectivity index (χ3n) is 0. The van der Waals surface area contributed by atoms with E-state index in [1.165, 1.54) is 0 Å². The molecule has 0 aromatic heterocycles. The molecule has 50 valence electrons. The second-order valence-corrected chi connectivity index (χ2v) is 4.74. The molecule has 0 aliphatic heterocycles. The molecule has 7 heteroatoms. The third-order valence-corrected chi connectivity index (χ3v) is 0. The molecular weight excluding hydrogens is 174 g/mol. The summed E-state index contributed by atoms with van der Waals surface area (Å²) < 4.78 is 9.30. The largest absolute Gasteiger partial charge is 0.390 e. The van der Waals surface area contributed by atoms with Gasteiger partial charge in [0.05, 0.1) is 6.34 Å². The summed E-state index contributed by atoms with van der Waals surface area (Å²) in [6.07, 6.45) is -2.94. The highest BCUT2D eigenvalue weighted by atomic mass is 35.9. The van der Waals surface area contributed by atoms with Crippen molar-refractivity contribution in [1.29, 1.82) is 5.41 Å². The SMILES string of the molecule is N=CN.O=P(O)(Cl)Cl. The van der Waals surface area contributed by atoms with Gasteiger partial charge in [0.25, 0.3) is 0 Å². The fourth-order valence-electron chi connectivity index (χ4n) is 0. The maximum absolute atomic E-state index is 9.30. The highest BCUT2D eigenvalue weighted by Crippen LogP contribution is 2.51. The van der Waals surface area contributed by atoms with Crippen LogP contribution in [0.4, 0.5) is 0 Å². The van der Waals surface area contributed by atoms with Gasteiger partial charge in [0.1, 0.15) is 0 Å². The molecule has 0 atom stereocenters. The van der Waals surface area contributed by atoms with Crippen molar-refractivity contribution in [2.75, 3.05) is 0 Å². The average Bonchev–Trinajstić information content (AvgIpc) is 1.27. The van der Waals surface area contributed by atoms with Crippen LogP contribution in [-0.4, -0.2) is 11.2 Å². The Morgan fingerprint density at radius 3 is 1.75 bits per heavy atom. The molecule has 0 amide bonds. The van der Waals surface area contributed by atoms with Gasteiger partial charge in [0, 0.05) is 0 Å². The Balaban J connectivity index is 0. The first-order valence-corrected chi connectivity index (χ1v) is 4.81. The van der Waals surface area contributed by atoms with E-state index in [0.29, 0.717) is 0 Å². The lowest BCUT2D eigenvalue weighted by atomic mass is 11.4. The fraction of sp³-hybridized carbons (Fsp3) is 0. The van der Waals surface area contributed by atoms with E-state index in [-0.39, 0.29) is 0 Å². The van der Waals surface area contributed by atoms with Crippen molar-refractivity contribution in [3.8, 4) is 0 Å². The van der Waals surface area contributed by atoms with E-state index in [4.69, 9.17) is 10.3 Å². The molecule has 0 unspecified atom stereocenters. The fourth-order valence-corrected chi connectivity index (χ4v) is 0. The minimum Gasteiger partial charge on any atom is -0.390 e. The highest BCUT2D eigenvalue weighted by Gasteiger charge is 2.02. The van der Waals surface area contributed by atoms with Crippen LogP contribution in [0, 0.1) is 5.41 Å². The minimum absolute atomic E-state index is 0.750. The Morgan fingerprint density at radius 2 is 1.75 bits per heavy atom. The van der Waals surface area contributed by atoms with Crippen LogP contribution in [0.1, 0.15) is 0 Å². The van der Waals surface area contributed by atoms with Gasteiger partial charge in [-0.05, 0) is 22.5 Å². The summed E-state index contributed by atoms with van der Waals surface area (Å²) in [4.78, 5) is 7.61. The first-order chi connectivity index (χ1) is 3.41. The molecule has 4 nitrogen and oxygen atoms in total. The van der Waals surface area contributed by atoms with Gasteiger partial charge in [0.15, 0.2) is 0 Å². The molecule has 0 saturated carbocycles. The quantitative estimate of drug-likeness (QED) is 0.295. The van der Waals surface area contributed by atoms with Gasteiger partial charge in [-0.15, -0.1) is 0 Å². The number of rotatable bonds is 0. The molecule has 0 aromatic carbocycles. The van der Waals surface area contributed by atoms with Crippen LogP contribution in [-0.2, 0) is 4.57 Å². The van der Waals surface area contributed by atoms with Crippen molar-refractivity contribution in [3.05, 3.63) is 0 Å². The second-order valence-electron chi connectivity index (χ2n) is 0.601. The predicted octanol–water partition coefficient (Wildman–Crippen LogP) is 1.12. The second kappa shape index (κ2) is 5.38. The number of nitrogens with two attached hydrogens (primary N) is 1. The van der Waals surface area contributed by atoms with Crippen LogP contribution in [0.5, 0.6) is 0 Å². The molecule has 0 saturated heterocycles. The number of halogens is 2. The van der Waals surface area contributed by atoms with E-state index in [2.05, 4.69) is 28.2 Å². The number of hydrogen-bond donors (Lipinski definition) is 3. The van der Waals surface area contributed by atoms with Crippen LogP contribution in [0.3, 0.4) is 0 Å². The number of hydrogen-bond acceptors (Lipinski definition) is 2. The first-order valence-electron chi connectivity index (χ1n) is 1.34. The normalized spacial score (nSPS) is 8.88. The predicted molar refractivity (Wildman–Crippen MR) is 34.5 cm³/mol. The van der Waals surface area contributed by atoms with Crippen LogP contribution in [0.25, 0.3) is 0 Å². The molecule has 0 fully saturated rings. The summed E-state index contributed by atoms with van der Waals surface area (Å²) in [7, 11) is 0. The summed E-state index contributed by atoms with van der Waals surface area (Å²) in [6.45, 7) is 0. The molecule has 0 bridgehead atoms. The Morgan fingerprint density at radius 1 is 1.75 bits per heavy atom. The Labute approximate surface area is 56.1 Å². The van der Waals surface area contributed by atoms with E-state index in [0.717, 1.165) is 6.34 Å². The Hall–Kier alpha value is 0.240. The summed E-state index contributed by atoms with van der Waals surface area (Å²) in [5.41, 5.74) is 4.39. The van der Waals surface area contributed by atoms with E-state index >= 15 is 0 Å². The Kier molecular flexibility index (Phi) is 7.46. The van der Waals surface area contributed by atoms with Crippen molar-refractivity contribution < 1.29 is 9.46 Å². The molecule has 0 heterocycles. The van der Waals surface area contributed by atoms with Gasteiger partial charge in [-0.1, -0.05) is 0 Å². The standard InChI is InChI=1S/CH4N2.Cl2HO2P/c2-1-3;1-5(2,3)4/h1H,(H3,2,3);(H,3,4). The lowest BCUT2D eigenvalue weighted by Gasteiger charge is -1.77. The van der Waals surface area contributed by atoms with Gasteiger partial charge in [-0.3, -0.25) is 9.97 Å². The summed E-state index contributed by atoms with van der Waals surface area (Å²) in [6, 6.07) is 0. The first kappa shape index (κ1) is 11.1. The van der Waals surface area contributed by atoms with E-state index in [9.17, 15) is 4.57 Å². The van der Waals surface area contributed by atoms with Gasteiger partial charge in [-0.25, -0.2) is 0 Å². The molecular formula is CH5Cl2N2O2P. The van der Waals surface area contributed by atoms with Crippen LogP contribution in [0.2, 0.25) is 0 Å². The van der Waals surface area contributed by atoms with Gasteiger partial charge < -0.3 is 10.6 Å². The van der Waals surface area contributed by atoms with Gasteiger partial charge in [-0.2, -0.15) is 0 Å². The molecule has 0 spiro atoms. The molecule has 0 aromatic rings. The smallest absolute Gasteiger partial charge is 0.377 e. The van der Waals surface area contributed by atoms with Crippen molar-refractivity contribution in [1.82, 2.24) is 0 Å². The van der Waals surface area contributed by atoms with Crippen molar-refractivity contribution >= 4 is 34.9 Å². The van der Waals surface area contributed by atoms with Crippen LogP contribution in [0.15, 0.2) is 0 Å². The zero-order valence-electron chi connectivity index (χ0n) is 3.71. The molecule has 8 heavy (non-hydrogen) atoms. The molecule has 0 radical (unpaired) electrons. The number of nitrogens with one attached hydrogen (secondary N) is 1. The molecule has 4 N–H and O–H groups in total. The molecule has 0 aliphatic rings. The topological polar surface area (TPSA) is 87.2 Å². The zero-order chi connectivity index (χ0) is 7.21. The summed E-state index contributed by atoms with van der Waals surface area (Å²) >= 11 is 8.81. The van der Waals surface area contributed by atoms with Crippen molar-refractivity contribution in [2.45, 2.75) is 0 Å². The van der Waals surface area contributed by atoms with E-state index in [1.54, 1.807) is 0 Å². The van der Waals surface area contributed by atoms with Crippen molar-refractivity contribution in [3.63, 3.8) is 0 Å². The zero-order valence-corrected chi connectivity index (χ0v) is 6.12. The van der Waals surface area contributed by atoms with Crippen molar-refractivity contribution in [2.24, 2.45) is 5.73 Å². The summed E-state index contributed by atoms with van der Waals surface area (Å²) in [5.74, 6) is 0. The summed E-state index contributed by atoms with van der Waals surface area (Å²) in [5, 5.41) is 5.86. The highest BCUT2D eigenvalue weighted by molar-refractivity contribution is 8.04. The maximum Gasteiger partial charge on any atom is 0.377 e. The maximum atomic E-state index is 9.30. The molecule has 0 rings (SSSR count). The lowest BCUT2D eigenvalue weighted by Crippen LogP contribution is -1.81. The van der Waals surface area contributed by atoms with Gasteiger partial charge in [0.2, 0.25) is 0 Å². The van der Waals surface area contributed by atoms with Crippen LogP contribution >= 0.6 is 28.6 Å². The third kappa shape index (κ3) is 2970. The lowest BCUT2D eigenvalue weighted by molar-refractivity contribution is 0.512. The monoisotopic (exact) mass is 178 g/mol. The average molecular weight is 179 g/mol. The Bertz CT molecular complexity index is 91.9.